The minimum atomic E-state index is 0.872. The smallest absolute Gasteiger partial charge is 0.137 e. The first kappa shape index (κ1) is 26.5. The Balaban J connectivity index is 1.09. The Hall–Kier alpha value is -6.58. The summed E-state index contributed by atoms with van der Waals surface area (Å²) in [5.41, 5.74) is 11.2. The van der Waals surface area contributed by atoms with Gasteiger partial charge in [-0.3, -0.25) is 0 Å². The average Bonchev–Trinajstić information content (AvgIpc) is 3.81. The van der Waals surface area contributed by atoms with Gasteiger partial charge in [0, 0.05) is 55.1 Å². The van der Waals surface area contributed by atoms with E-state index in [-0.39, 0.29) is 0 Å². The van der Waals surface area contributed by atoms with Gasteiger partial charge < -0.3 is 13.7 Å². The van der Waals surface area contributed by atoms with Crippen LogP contribution in [0.4, 0.5) is 17.1 Å². The summed E-state index contributed by atoms with van der Waals surface area (Å²) in [6.07, 6.45) is 0. The maximum atomic E-state index is 6.70. The third-order valence-corrected chi connectivity index (χ3v) is 10.3. The number of fused-ring (bicyclic) bond motifs is 10. The lowest BCUT2D eigenvalue weighted by atomic mass is 9.98. The molecule has 0 aliphatic heterocycles. The first-order chi connectivity index (χ1) is 24.3. The lowest BCUT2D eigenvalue weighted by molar-refractivity contribution is 0.669. The molecule has 0 atom stereocenters. The first-order valence-corrected chi connectivity index (χ1v) is 16.8. The number of benzene rings is 8. The third-order valence-electron chi connectivity index (χ3n) is 10.3. The highest BCUT2D eigenvalue weighted by Gasteiger charge is 2.20. The topological polar surface area (TPSA) is 20.8 Å². The van der Waals surface area contributed by atoms with Crippen molar-refractivity contribution in [3.63, 3.8) is 0 Å². The molecule has 11 rings (SSSR count). The summed E-state index contributed by atoms with van der Waals surface area (Å²) in [7, 11) is 0. The fourth-order valence-corrected chi connectivity index (χ4v) is 8.11. The van der Waals surface area contributed by atoms with E-state index in [1.165, 1.54) is 54.4 Å². The van der Waals surface area contributed by atoms with Gasteiger partial charge in [-0.1, -0.05) is 97.1 Å². The SMILES string of the molecule is c1ccc(N(c2ccc3c(c2)oc2cc(-c4cc5c6ccccc6n6c7ccccc7c(c4)c56)ccc23)c2cccc3ccccc23)cc1. The summed E-state index contributed by atoms with van der Waals surface area (Å²) in [5, 5.41) is 9.77. The quantitative estimate of drug-likeness (QED) is 0.194. The van der Waals surface area contributed by atoms with Crippen molar-refractivity contribution in [2.24, 2.45) is 0 Å². The van der Waals surface area contributed by atoms with Crippen molar-refractivity contribution in [2.45, 2.75) is 0 Å². The zero-order valence-electron chi connectivity index (χ0n) is 26.5. The molecule has 0 radical (unpaired) electrons. The molecule has 0 unspecified atom stereocenters. The van der Waals surface area contributed by atoms with Crippen LogP contribution >= 0.6 is 0 Å². The maximum Gasteiger partial charge on any atom is 0.137 e. The molecule has 3 aromatic heterocycles. The second kappa shape index (κ2) is 9.96. The molecule has 49 heavy (non-hydrogen) atoms. The van der Waals surface area contributed by atoms with Crippen molar-refractivity contribution in [3.8, 4) is 11.1 Å². The van der Waals surface area contributed by atoms with Crippen molar-refractivity contribution >= 4 is 87.9 Å². The Morgan fingerprint density at radius 2 is 1.00 bits per heavy atom. The summed E-state index contributed by atoms with van der Waals surface area (Å²) in [6.45, 7) is 0. The van der Waals surface area contributed by atoms with E-state index in [4.69, 9.17) is 4.42 Å². The lowest BCUT2D eigenvalue weighted by Gasteiger charge is -2.26. The van der Waals surface area contributed by atoms with Crippen LogP contribution in [0.25, 0.3) is 81.9 Å². The number of aromatic nitrogens is 1. The Kier molecular flexibility index (Phi) is 5.38. The summed E-state index contributed by atoms with van der Waals surface area (Å²) in [5.74, 6) is 0. The highest BCUT2D eigenvalue weighted by molar-refractivity contribution is 6.24. The van der Waals surface area contributed by atoms with Crippen molar-refractivity contribution in [3.05, 3.63) is 170 Å². The van der Waals surface area contributed by atoms with Crippen LogP contribution in [-0.4, -0.2) is 4.40 Å². The summed E-state index contributed by atoms with van der Waals surface area (Å²) in [6, 6.07) is 61.1. The molecule has 0 saturated carbocycles. The normalized spacial score (nSPS) is 12.1. The minimum absolute atomic E-state index is 0.872. The molecule has 0 saturated heterocycles. The minimum Gasteiger partial charge on any atom is -0.456 e. The first-order valence-electron chi connectivity index (χ1n) is 16.8. The Labute approximate surface area is 281 Å². The Morgan fingerprint density at radius 3 is 1.76 bits per heavy atom. The molecule has 3 heteroatoms. The van der Waals surface area contributed by atoms with Gasteiger partial charge in [-0.2, -0.15) is 0 Å². The van der Waals surface area contributed by atoms with E-state index >= 15 is 0 Å². The summed E-state index contributed by atoms with van der Waals surface area (Å²) < 4.78 is 9.13. The zero-order valence-corrected chi connectivity index (χ0v) is 26.5. The Morgan fingerprint density at radius 1 is 0.388 bits per heavy atom. The maximum absolute atomic E-state index is 6.70. The summed E-state index contributed by atoms with van der Waals surface area (Å²) in [4.78, 5) is 2.33. The van der Waals surface area contributed by atoms with Gasteiger partial charge in [-0.25, -0.2) is 0 Å². The van der Waals surface area contributed by atoms with Crippen LogP contribution in [0.15, 0.2) is 174 Å². The monoisotopic (exact) mass is 624 g/mol. The van der Waals surface area contributed by atoms with Crippen LogP contribution in [0, 0.1) is 0 Å². The van der Waals surface area contributed by atoms with E-state index < -0.39 is 0 Å². The highest BCUT2D eigenvalue weighted by Crippen LogP contribution is 2.44. The van der Waals surface area contributed by atoms with Gasteiger partial charge in [0.1, 0.15) is 11.2 Å². The second-order valence-electron chi connectivity index (χ2n) is 13.0. The standard InChI is InChI=1S/C46H28N2O/c1-2-13-32(14-3-1)47(41-20-10-12-29-11-4-5-15-34(29)41)33-22-24-38-37-23-21-30(27-44(37)49-45(38)28-33)31-25-39-35-16-6-8-18-42(35)48-43-19-9-7-17-36(43)40(26-31)46(39)48/h1-28H. The average molecular weight is 625 g/mol. The number of hydrogen-bond acceptors (Lipinski definition) is 2. The molecule has 8 aromatic carbocycles. The van der Waals surface area contributed by atoms with E-state index in [9.17, 15) is 0 Å². The number of nitrogens with zero attached hydrogens (tertiary/aromatic N) is 2. The highest BCUT2D eigenvalue weighted by atomic mass is 16.3. The second-order valence-corrected chi connectivity index (χ2v) is 13.0. The van der Waals surface area contributed by atoms with Crippen molar-refractivity contribution in [1.29, 1.82) is 0 Å². The van der Waals surface area contributed by atoms with Crippen molar-refractivity contribution < 1.29 is 4.42 Å². The van der Waals surface area contributed by atoms with E-state index in [0.29, 0.717) is 0 Å². The number of hydrogen-bond donors (Lipinski definition) is 0. The molecule has 3 heterocycles. The fourth-order valence-electron chi connectivity index (χ4n) is 8.11. The largest absolute Gasteiger partial charge is 0.456 e. The molecule has 0 aliphatic carbocycles. The third kappa shape index (κ3) is 3.78. The molecule has 3 nitrogen and oxygen atoms in total. The number of furan rings is 1. The lowest BCUT2D eigenvalue weighted by Crippen LogP contribution is -2.10. The van der Waals surface area contributed by atoms with Crippen LogP contribution < -0.4 is 4.90 Å². The fraction of sp³-hybridized carbons (Fsp3) is 0. The molecule has 228 valence electrons. The van der Waals surface area contributed by atoms with Crippen LogP contribution in [0.2, 0.25) is 0 Å². The molecule has 0 bridgehead atoms. The van der Waals surface area contributed by atoms with E-state index in [1.807, 2.05) is 0 Å². The van der Waals surface area contributed by atoms with Crippen LogP contribution in [0.5, 0.6) is 0 Å². The number of rotatable bonds is 4. The molecule has 0 spiro atoms. The summed E-state index contributed by atoms with van der Waals surface area (Å²) >= 11 is 0. The molecular weight excluding hydrogens is 597 g/mol. The van der Waals surface area contributed by atoms with E-state index in [1.54, 1.807) is 0 Å². The zero-order chi connectivity index (χ0) is 32.1. The van der Waals surface area contributed by atoms with E-state index in [2.05, 4.69) is 179 Å². The Bertz CT molecular complexity index is 2970. The van der Waals surface area contributed by atoms with Gasteiger partial charge in [0.25, 0.3) is 0 Å². The van der Waals surface area contributed by atoms with Crippen molar-refractivity contribution in [2.75, 3.05) is 4.90 Å². The van der Waals surface area contributed by atoms with Crippen LogP contribution in [-0.2, 0) is 0 Å². The predicted molar refractivity (Wildman–Crippen MR) is 206 cm³/mol. The van der Waals surface area contributed by atoms with Gasteiger partial charge in [-0.15, -0.1) is 0 Å². The molecule has 0 amide bonds. The van der Waals surface area contributed by atoms with Gasteiger partial charge in [0.2, 0.25) is 0 Å². The number of para-hydroxylation sites is 3. The van der Waals surface area contributed by atoms with Crippen molar-refractivity contribution in [1.82, 2.24) is 4.40 Å². The molecule has 11 aromatic rings. The molecule has 0 fully saturated rings. The van der Waals surface area contributed by atoms with Gasteiger partial charge >= 0.3 is 0 Å². The predicted octanol–water partition coefficient (Wildman–Crippen LogP) is 13.0. The van der Waals surface area contributed by atoms with Crippen LogP contribution in [0.1, 0.15) is 0 Å². The van der Waals surface area contributed by atoms with Gasteiger partial charge in [-0.05, 0) is 83.2 Å². The molecule has 0 aliphatic rings. The molecular formula is C46H28N2O. The van der Waals surface area contributed by atoms with Gasteiger partial charge in [0.05, 0.1) is 22.2 Å². The van der Waals surface area contributed by atoms with Crippen LogP contribution in [0.3, 0.4) is 0 Å². The molecule has 0 N–H and O–H groups in total. The van der Waals surface area contributed by atoms with Gasteiger partial charge in [0.15, 0.2) is 0 Å². The van der Waals surface area contributed by atoms with E-state index in [0.717, 1.165) is 44.6 Å². The number of anilines is 3.